The normalized spacial score (nSPS) is 9.00. The second kappa shape index (κ2) is 7.14. The Morgan fingerprint density at radius 3 is 2.24 bits per heavy atom. The molecule has 2 aromatic rings. The van der Waals surface area contributed by atoms with Crippen molar-refractivity contribution in [1.82, 2.24) is 4.98 Å². The van der Waals surface area contributed by atoms with Gasteiger partial charge in [-0.1, -0.05) is 18.2 Å². The van der Waals surface area contributed by atoms with Crippen LogP contribution in [0.5, 0.6) is 0 Å². The number of benzene rings is 1. The summed E-state index contributed by atoms with van der Waals surface area (Å²) in [7, 11) is 0. The predicted molar refractivity (Wildman–Crippen MR) is 63.6 cm³/mol. The van der Waals surface area contributed by atoms with Crippen LogP contribution in [0.4, 0.5) is 0 Å². The van der Waals surface area contributed by atoms with Crippen molar-refractivity contribution in [3.63, 3.8) is 0 Å². The monoisotopic (exact) mass is 231 g/mol. The molecule has 0 fully saturated rings. The smallest absolute Gasteiger partial charge is 0.335 e. The van der Waals surface area contributed by atoms with Crippen molar-refractivity contribution in [2.45, 2.75) is 6.61 Å². The fraction of sp³-hybridized carbons (Fsp3) is 0.0769. The number of aliphatic hydroxyl groups is 1. The molecule has 0 aliphatic heterocycles. The molecular formula is C13H13NO3. The summed E-state index contributed by atoms with van der Waals surface area (Å²) >= 11 is 0. The van der Waals surface area contributed by atoms with Crippen LogP contribution in [-0.4, -0.2) is 21.2 Å². The molecule has 0 radical (unpaired) electrons. The van der Waals surface area contributed by atoms with E-state index in [2.05, 4.69) is 4.98 Å². The van der Waals surface area contributed by atoms with E-state index < -0.39 is 5.97 Å². The molecular weight excluding hydrogens is 218 g/mol. The van der Waals surface area contributed by atoms with Crippen LogP contribution in [-0.2, 0) is 6.61 Å². The summed E-state index contributed by atoms with van der Waals surface area (Å²) in [6.45, 7) is -0.124. The molecule has 4 heteroatoms. The number of carbonyl (C=O) groups is 1. The van der Waals surface area contributed by atoms with Gasteiger partial charge in [0.05, 0.1) is 12.2 Å². The number of aromatic nitrogens is 1. The minimum atomic E-state index is -0.972. The number of rotatable bonds is 2. The molecule has 0 unspecified atom stereocenters. The van der Waals surface area contributed by atoms with Gasteiger partial charge in [-0.25, -0.2) is 4.79 Å². The summed E-state index contributed by atoms with van der Waals surface area (Å²) in [6, 6.07) is 11.9. The standard InChI is InChI=1S/C8H8O3.C5H5N/c9-5-6-2-1-3-7(4-6)8(10)11;1-2-4-6-5-3-1/h1-4,9H,5H2,(H,10,11);1-5H. The first-order valence-corrected chi connectivity index (χ1v) is 5.02. The average Bonchev–Trinajstić information content (AvgIpc) is 2.41. The number of pyridine rings is 1. The van der Waals surface area contributed by atoms with Gasteiger partial charge < -0.3 is 10.2 Å². The van der Waals surface area contributed by atoms with Crippen molar-refractivity contribution in [3.05, 3.63) is 66.0 Å². The van der Waals surface area contributed by atoms with E-state index in [-0.39, 0.29) is 12.2 Å². The van der Waals surface area contributed by atoms with Gasteiger partial charge in [0.1, 0.15) is 0 Å². The van der Waals surface area contributed by atoms with E-state index in [9.17, 15) is 4.79 Å². The number of carboxylic acids is 1. The first-order chi connectivity index (χ1) is 8.24. The number of carboxylic acid groups (broad SMARTS) is 1. The van der Waals surface area contributed by atoms with Gasteiger partial charge in [0.25, 0.3) is 0 Å². The maximum absolute atomic E-state index is 10.4. The maximum atomic E-state index is 10.4. The third kappa shape index (κ3) is 4.90. The summed E-state index contributed by atoms with van der Waals surface area (Å²) in [5.41, 5.74) is 0.821. The zero-order chi connectivity index (χ0) is 12.5. The number of hydrogen-bond acceptors (Lipinski definition) is 3. The van der Waals surface area contributed by atoms with E-state index in [1.165, 1.54) is 12.1 Å². The Hall–Kier alpha value is -2.20. The van der Waals surface area contributed by atoms with E-state index in [4.69, 9.17) is 10.2 Å². The SMILES string of the molecule is O=C(O)c1cccc(CO)c1.c1ccncc1. The predicted octanol–water partition coefficient (Wildman–Crippen LogP) is 1.96. The fourth-order valence-electron chi connectivity index (χ4n) is 1.12. The zero-order valence-corrected chi connectivity index (χ0v) is 9.15. The molecule has 0 amide bonds. The Bertz CT molecular complexity index is 431. The molecule has 0 atom stereocenters. The van der Waals surface area contributed by atoms with Crippen LogP contribution in [0, 0.1) is 0 Å². The molecule has 1 heterocycles. The molecule has 88 valence electrons. The molecule has 1 aromatic carbocycles. The quantitative estimate of drug-likeness (QED) is 0.828. The van der Waals surface area contributed by atoms with Gasteiger partial charge in [0.2, 0.25) is 0 Å². The first kappa shape index (κ1) is 12.9. The molecule has 0 aliphatic rings. The van der Waals surface area contributed by atoms with E-state index in [0.717, 1.165) is 0 Å². The molecule has 4 nitrogen and oxygen atoms in total. The van der Waals surface area contributed by atoms with Gasteiger partial charge in [-0.15, -0.1) is 0 Å². The highest BCUT2D eigenvalue weighted by atomic mass is 16.4. The molecule has 17 heavy (non-hydrogen) atoms. The topological polar surface area (TPSA) is 70.4 Å². The highest BCUT2D eigenvalue weighted by Gasteiger charge is 2.01. The lowest BCUT2D eigenvalue weighted by Crippen LogP contribution is -1.96. The van der Waals surface area contributed by atoms with Gasteiger partial charge in [-0.3, -0.25) is 4.98 Å². The summed E-state index contributed by atoms with van der Waals surface area (Å²) in [6.07, 6.45) is 3.50. The van der Waals surface area contributed by atoms with Gasteiger partial charge in [0.15, 0.2) is 0 Å². The minimum absolute atomic E-state index is 0.124. The second-order valence-electron chi connectivity index (χ2n) is 3.19. The van der Waals surface area contributed by atoms with E-state index >= 15 is 0 Å². The third-order valence-corrected chi connectivity index (χ3v) is 1.92. The summed E-state index contributed by atoms with van der Waals surface area (Å²) < 4.78 is 0. The average molecular weight is 231 g/mol. The van der Waals surface area contributed by atoms with Crippen molar-refractivity contribution in [2.75, 3.05) is 0 Å². The van der Waals surface area contributed by atoms with Crippen LogP contribution in [0.1, 0.15) is 15.9 Å². The molecule has 2 N–H and O–H groups in total. The minimum Gasteiger partial charge on any atom is -0.478 e. The lowest BCUT2D eigenvalue weighted by molar-refractivity contribution is 0.0696. The largest absolute Gasteiger partial charge is 0.478 e. The van der Waals surface area contributed by atoms with Crippen molar-refractivity contribution in [2.24, 2.45) is 0 Å². The fourth-order valence-corrected chi connectivity index (χ4v) is 1.12. The molecule has 2 rings (SSSR count). The Morgan fingerprint density at radius 1 is 1.12 bits per heavy atom. The van der Waals surface area contributed by atoms with Crippen LogP contribution >= 0.6 is 0 Å². The van der Waals surface area contributed by atoms with Crippen molar-refractivity contribution < 1.29 is 15.0 Å². The van der Waals surface area contributed by atoms with Gasteiger partial charge in [-0.2, -0.15) is 0 Å². The molecule has 0 bridgehead atoms. The Morgan fingerprint density at radius 2 is 1.82 bits per heavy atom. The molecule has 0 aliphatic carbocycles. The van der Waals surface area contributed by atoms with Crippen molar-refractivity contribution in [1.29, 1.82) is 0 Å². The molecule has 1 aromatic heterocycles. The second-order valence-corrected chi connectivity index (χ2v) is 3.19. The van der Waals surface area contributed by atoms with Crippen LogP contribution in [0.25, 0.3) is 0 Å². The van der Waals surface area contributed by atoms with Crippen LogP contribution < -0.4 is 0 Å². The van der Waals surface area contributed by atoms with Crippen molar-refractivity contribution >= 4 is 5.97 Å². The molecule has 0 spiro atoms. The van der Waals surface area contributed by atoms with Gasteiger partial charge >= 0.3 is 5.97 Å². The van der Waals surface area contributed by atoms with E-state index in [1.54, 1.807) is 24.5 Å². The number of hydrogen-bond donors (Lipinski definition) is 2. The van der Waals surface area contributed by atoms with E-state index in [1.807, 2.05) is 18.2 Å². The highest BCUT2D eigenvalue weighted by Crippen LogP contribution is 2.04. The summed E-state index contributed by atoms with van der Waals surface area (Å²) in [5, 5.41) is 17.2. The van der Waals surface area contributed by atoms with Crippen molar-refractivity contribution in [3.8, 4) is 0 Å². The maximum Gasteiger partial charge on any atom is 0.335 e. The zero-order valence-electron chi connectivity index (χ0n) is 9.15. The summed E-state index contributed by atoms with van der Waals surface area (Å²) in [5.74, 6) is -0.972. The lowest BCUT2D eigenvalue weighted by atomic mass is 10.1. The third-order valence-electron chi connectivity index (χ3n) is 1.92. The number of aromatic carboxylic acids is 1. The van der Waals surface area contributed by atoms with Gasteiger partial charge in [-0.05, 0) is 29.8 Å². The van der Waals surface area contributed by atoms with Crippen LogP contribution in [0.3, 0.4) is 0 Å². The Kier molecular flexibility index (Phi) is 5.40. The Labute approximate surface area is 99.2 Å². The number of nitrogens with zero attached hydrogens (tertiary/aromatic N) is 1. The Balaban J connectivity index is 0.000000202. The molecule has 0 saturated carbocycles. The van der Waals surface area contributed by atoms with Gasteiger partial charge in [0, 0.05) is 12.4 Å². The number of aliphatic hydroxyl groups excluding tert-OH is 1. The van der Waals surface area contributed by atoms with E-state index in [0.29, 0.717) is 5.56 Å². The highest BCUT2D eigenvalue weighted by molar-refractivity contribution is 5.87. The first-order valence-electron chi connectivity index (χ1n) is 5.02. The molecule has 0 saturated heterocycles. The summed E-state index contributed by atoms with van der Waals surface area (Å²) in [4.78, 5) is 14.2. The van der Waals surface area contributed by atoms with Crippen LogP contribution in [0.15, 0.2) is 54.9 Å². The lowest BCUT2D eigenvalue weighted by Gasteiger charge is -1.96. The van der Waals surface area contributed by atoms with Crippen LogP contribution in [0.2, 0.25) is 0 Å².